The van der Waals surface area contributed by atoms with Crippen LogP contribution in [0.25, 0.3) is 0 Å². The summed E-state index contributed by atoms with van der Waals surface area (Å²) in [6.07, 6.45) is 0.947. The van der Waals surface area contributed by atoms with Crippen molar-refractivity contribution in [3.63, 3.8) is 0 Å². The number of carbonyl (C=O) groups excluding carboxylic acids is 1. The molecule has 1 amide bonds. The second-order valence-corrected chi connectivity index (χ2v) is 6.97. The summed E-state index contributed by atoms with van der Waals surface area (Å²) in [5.74, 6) is -0.190. The molecule has 0 heterocycles. The summed E-state index contributed by atoms with van der Waals surface area (Å²) in [6.45, 7) is 2.08. The van der Waals surface area contributed by atoms with E-state index in [0.717, 1.165) is 21.9 Å². The number of nitrogens with zero attached hydrogens (tertiary/aromatic N) is 1. The molecule has 0 aromatic heterocycles. The van der Waals surface area contributed by atoms with Gasteiger partial charge in [0.1, 0.15) is 0 Å². The number of hydrogen-bond acceptors (Lipinski definition) is 4. The van der Waals surface area contributed by atoms with Gasteiger partial charge in [0.05, 0.1) is 10.5 Å². The maximum Gasteiger partial charge on any atom is 0.269 e. The molecule has 3 aromatic rings. The van der Waals surface area contributed by atoms with Gasteiger partial charge in [0.2, 0.25) is 0 Å². The Balaban J connectivity index is 1.78. The van der Waals surface area contributed by atoms with Crippen LogP contribution in [0.15, 0.2) is 82.6 Å². The van der Waals surface area contributed by atoms with Crippen LogP contribution in [0.4, 0.5) is 11.4 Å². The van der Waals surface area contributed by atoms with Crippen molar-refractivity contribution < 1.29 is 9.72 Å². The molecule has 0 atom stereocenters. The molecule has 0 saturated heterocycles. The van der Waals surface area contributed by atoms with Gasteiger partial charge in [-0.25, -0.2) is 0 Å². The van der Waals surface area contributed by atoms with E-state index in [9.17, 15) is 14.9 Å². The first-order valence-corrected chi connectivity index (χ1v) is 9.30. The molecule has 0 bridgehead atoms. The van der Waals surface area contributed by atoms with Crippen LogP contribution >= 0.6 is 11.8 Å². The Morgan fingerprint density at radius 2 is 1.67 bits per heavy atom. The van der Waals surface area contributed by atoms with Crippen LogP contribution in [0.5, 0.6) is 0 Å². The van der Waals surface area contributed by atoms with Gasteiger partial charge in [-0.1, -0.05) is 43.0 Å². The normalized spacial score (nSPS) is 10.4. The van der Waals surface area contributed by atoms with Gasteiger partial charge in [-0.3, -0.25) is 14.9 Å². The first-order chi connectivity index (χ1) is 13.1. The van der Waals surface area contributed by atoms with Gasteiger partial charge in [-0.15, -0.1) is 0 Å². The van der Waals surface area contributed by atoms with Crippen molar-refractivity contribution in [3.05, 3.63) is 94.0 Å². The zero-order valence-electron chi connectivity index (χ0n) is 14.7. The number of hydrogen-bond donors (Lipinski definition) is 1. The van der Waals surface area contributed by atoms with Crippen LogP contribution < -0.4 is 5.32 Å². The van der Waals surface area contributed by atoms with E-state index in [1.807, 2.05) is 42.5 Å². The number of benzene rings is 3. The second kappa shape index (κ2) is 8.51. The Morgan fingerprint density at radius 1 is 1.00 bits per heavy atom. The minimum Gasteiger partial charge on any atom is -0.322 e. The van der Waals surface area contributed by atoms with Crippen LogP contribution in [0.2, 0.25) is 0 Å². The number of carbonyl (C=O) groups is 1. The van der Waals surface area contributed by atoms with Gasteiger partial charge in [-0.2, -0.15) is 0 Å². The number of amides is 1. The van der Waals surface area contributed by atoms with Crippen molar-refractivity contribution in [2.75, 3.05) is 5.32 Å². The van der Waals surface area contributed by atoms with Crippen molar-refractivity contribution in [2.45, 2.75) is 23.1 Å². The summed E-state index contributed by atoms with van der Waals surface area (Å²) in [4.78, 5) is 24.7. The SMILES string of the molecule is CCc1ccc(NC(=O)c2ccccc2Sc2ccc([N+](=O)[O-])cc2)cc1. The third-order valence-electron chi connectivity index (χ3n) is 4.03. The number of anilines is 1. The van der Waals surface area contributed by atoms with Gasteiger partial charge in [0.15, 0.2) is 0 Å². The van der Waals surface area contributed by atoms with Gasteiger partial charge >= 0.3 is 0 Å². The van der Waals surface area contributed by atoms with Crippen LogP contribution in [-0.2, 0) is 6.42 Å². The monoisotopic (exact) mass is 378 g/mol. The van der Waals surface area contributed by atoms with Crippen molar-refractivity contribution >= 4 is 29.0 Å². The third kappa shape index (κ3) is 4.74. The fraction of sp³-hybridized carbons (Fsp3) is 0.0952. The highest BCUT2D eigenvalue weighted by atomic mass is 32.2. The van der Waals surface area contributed by atoms with Gasteiger partial charge in [0, 0.05) is 27.6 Å². The van der Waals surface area contributed by atoms with E-state index < -0.39 is 4.92 Å². The molecule has 0 aliphatic heterocycles. The maximum atomic E-state index is 12.7. The van der Waals surface area contributed by atoms with E-state index in [4.69, 9.17) is 0 Å². The first kappa shape index (κ1) is 18.7. The number of non-ortho nitro benzene ring substituents is 1. The lowest BCUT2D eigenvalue weighted by atomic mass is 10.1. The Bertz CT molecular complexity index is 954. The molecule has 3 aromatic carbocycles. The predicted molar refractivity (Wildman–Crippen MR) is 107 cm³/mol. The summed E-state index contributed by atoms with van der Waals surface area (Å²) in [7, 11) is 0. The molecule has 0 radical (unpaired) electrons. The van der Waals surface area contributed by atoms with Crippen LogP contribution in [-0.4, -0.2) is 10.8 Å². The molecule has 0 aliphatic rings. The lowest BCUT2D eigenvalue weighted by Crippen LogP contribution is -2.12. The highest BCUT2D eigenvalue weighted by molar-refractivity contribution is 7.99. The van der Waals surface area contributed by atoms with E-state index in [2.05, 4.69) is 12.2 Å². The lowest BCUT2D eigenvalue weighted by molar-refractivity contribution is -0.384. The number of rotatable bonds is 6. The number of nitro benzene ring substituents is 1. The van der Waals surface area contributed by atoms with E-state index in [0.29, 0.717) is 5.56 Å². The third-order valence-corrected chi connectivity index (χ3v) is 5.11. The van der Waals surface area contributed by atoms with Crippen LogP contribution in [0.1, 0.15) is 22.8 Å². The molecule has 0 saturated carbocycles. The smallest absolute Gasteiger partial charge is 0.269 e. The summed E-state index contributed by atoms with van der Waals surface area (Å²) in [5.41, 5.74) is 2.55. The van der Waals surface area contributed by atoms with Gasteiger partial charge < -0.3 is 5.32 Å². The average molecular weight is 378 g/mol. The quantitative estimate of drug-likeness (QED) is 0.450. The fourth-order valence-corrected chi connectivity index (χ4v) is 3.47. The molecular formula is C21H18N2O3S. The summed E-state index contributed by atoms with van der Waals surface area (Å²) in [5, 5.41) is 13.7. The van der Waals surface area contributed by atoms with Crippen molar-refractivity contribution in [1.82, 2.24) is 0 Å². The molecular weight excluding hydrogens is 360 g/mol. The van der Waals surface area contributed by atoms with Crippen molar-refractivity contribution in [3.8, 4) is 0 Å². The Morgan fingerprint density at radius 3 is 2.30 bits per heavy atom. The largest absolute Gasteiger partial charge is 0.322 e. The molecule has 0 fully saturated rings. The molecule has 3 rings (SSSR count). The molecule has 0 unspecified atom stereocenters. The fourth-order valence-electron chi connectivity index (χ4n) is 2.53. The minimum absolute atomic E-state index is 0.0425. The maximum absolute atomic E-state index is 12.7. The number of aryl methyl sites for hydroxylation is 1. The molecule has 6 heteroatoms. The van der Waals surface area contributed by atoms with Crippen molar-refractivity contribution in [1.29, 1.82) is 0 Å². The zero-order chi connectivity index (χ0) is 19.2. The van der Waals surface area contributed by atoms with Gasteiger partial charge in [0.25, 0.3) is 11.6 Å². The Labute approximate surface area is 161 Å². The Hall–Kier alpha value is -3.12. The zero-order valence-corrected chi connectivity index (χ0v) is 15.5. The second-order valence-electron chi connectivity index (χ2n) is 5.85. The van der Waals surface area contributed by atoms with Crippen molar-refractivity contribution in [2.24, 2.45) is 0 Å². The highest BCUT2D eigenvalue weighted by Crippen LogP contribution is 2.32. The van der Waals surface area contributed by atoms with Crippen LogP contribution in [0.3, 0.4) is 0 Å². The number of nitrogens with one attached hydrogen (secondary N) is 1. The first-order valence-electron chi connectivity index (χ1n) is 8.48. The highest BCUT2D eigenvalue weighted by Gasteiger charge is 2.13. The molecule has 136 valence electrons. The number of nitro groups is 1. The van der Waals surface area contributed by atoms with Gasteiger partial charge in [-0.05, 0) is 48.4 Å². The van der Waals surface area contributed by atoms with E-state index in [1.165, 1.54) is 29.5 Å². The van der Waals surface area contributed by atoms with E-state index in [1.54, 1.807) is 18.2 Å². The molecule has 1 N–H and O–H groups in total. The van der Waals surface area contributed by atoms with E-state index in [-0.39, 0.29) is 11.6 Å². The summed E-state index contributed by atoms with van der Waals surface area (Å²) >= 11 is 1.40. The summed E-state index contributed by atoms with van der Waals surface area (Å²) < 4.78 is 0. The minimum atomic E-state index is -0.431. The van der Waals surface area contributed by atoms with E-state index >= 15 is 0 Å². The predicted octanol–water partition coefficient (Wildman–Crippen LogP) is 5.56. The van der Waals surface area contributed by atoms with Crippen LogP contribution in [0, 0.1) is 10.1 Å². The molecule has 0 aliphatic carbocycles. The average Bonchev–Trinajstić information content (AvgIpc) is 2.69. The lowest BCUT2D eigenvalue weighted by Gasteiger charge is -2.10. The summed E-state index contributed by atoms with van der Waals surface area (Å²) in [6, 6.07) is 21.4. The Kier molecular flexibility index (Phi) is 5.88. The molecule has 27 heavy (non-hydrogen) atoms. The topological polar surface area (TPSA) is 72.2 Å². The standard InChI is InChI=1S/C21H18N2O3S/c1-2-15-7-9-16(10-8-15)22-21(24)19-5-3-4-6-20(19)27-18-13-11-17(12-14-18)23(25)26/h3-14H,2H2,1H3,(H,22,24). The molecule has 0 spiro atoms. The molecule has 5 nitrogen and oxygen atoms in total.